The Labute approximate surface area is 116 Å². The van der Waals surface area contributed by atoms with Crippen LogP contribution in [0.4, 0.5) is 0 Å². The van der Waals surface area contributed by atoms with Gasteiger partial charge in [0.15, 0.2) is 0 Å². The lowest BCUT2D eigenvalue weighted by molar-refractivity contribution is -0.140. The first-order valence-electron chi connectivity index (χ1n) is 6.35. The Morgan fingerprint density at radius 1 is 1.25 bits per heavy atom. The van der Waals surface area contributed by atoms with Crippen LogP contribution in [0.1, 0.15) is 5.56 Å². The molecule has 0 amide bonds. The van der Waals surface area contributed by atoms with Gasteiger partial charge in [0.1, 0.15) is 6.04 Å². The maximum Gasteiger partial charge on any atom is 0.320 e. The van der Waals surface area contributed by atoms with Crippen molar-refractivity contribution in [2.24, 2.45) is 23.5 Å². The summed E-state index contributed by atoms with van der Waals surface area (Å²) in [5.74, 6) is -3.80. The molecule has 0 aromatic heterocycles. The molecule has 0 heterocycles. The molecule has 4 N–H and O–H groups in total. The number of hydrogen-bond donors (Lipinski definition) is 3. The minimum atomic E-state index is -1.17. The summed E-state index contributed by atoms with van der Waals surface area (Å²) >= 11 is 0. The van der Waals surface area contributed by atoms with Crippen molar-refractivity contribution >= 4 is 11.9 Å². The Hall–Kier alpha value is -1.92. The van der Waals surface area contributed by atoms with E-state index in [0.717, 1.165) is 5.56 Å². The Kier molecular flexibility index (Phi) is 4.36. The van der Waals surface area contributed by atoms with Gasteiger partial charge in [0, 0.05) is 11.8 Å². The topological polar surface area (TPSA) is 110 Å². The van der Waals surface area contributed by atoms with Gasteiger partial charge in [-0.05, 0) is 5.56 Å². The van der Waals surface area contributed by atoms with Gasteiger partial charge in [0.2, 0.25) is 0 Å². The third-order valence-corrected chi connectivity index (χ3v) is 3.64. The Balaban J connectivity index is 1.86. The standard InChI is InChI=1S/C14H17NO5/c15-12(14(18)19)10-9(11(10)13(16)17)7-20-6-8-4-2-1-3-5-8/h1-5,9-12H,6-7,15H2,(H,16,17)(H,18,19)/t9-,10-,11+,12+/m1/s1. The first-order valence-corrected chi connectivity index (χ1v) is 6.35. The van der Waals surface area contributed by atoms with Crippen molar-refractivity contribution in [2.75, 3.05) is 6.61 Å². The molecule has 108 valence electrons. The van der Waals surface area contributed by atoms with Crippen LogP contribution < -0.4 is 5.73 Å². The van der Waals surface area contributed by atoms with E-state index < -0.39 is 29.8 Å². The highest BCUT2D eigenvalue weighted by Crippen LogP contribution is 2.48. The Morgan fingerprint density at radius 2 is 1.90 bits per heavy atom. The molecule has 1 aromatic rings. The highest BCUT2D eigenvalue weighted by atomic mass is 16.5. The highest BCUT2D eigenvalue weighted by molar-refractivity contribution is 5.80. The minimum absolute atomic E-state index is 0.206. The molecular weight excluding hydrogens is 262 g/mol. The van der Waals surface area contributed by atoms with Gasteiger partial charge in [0.05, 0.1) is 19.1 Å². The van der Waals surface area contributed by atoms with Gasteiger partial charge >= 0.3 is 11.9 Å². The number of hydrogen-bond acceptors (Lipinski definition) is 4. The Bertz CT molecular complexity index is 490. The van der Waals surface area contributed by atoms with Crippen LogP contribution in [-0.4, -0.2) is 34.8 Å². The van der Waals surface area contributed by atoms with Gasteiger partial charge in [-0.1, -0.05) is 30.3 Å². The summed E-state index contributed by atoms with van der Waals surface area (Å²) in [5, 5.41) is 17.9. The third kappa shape index (κ3) is 3.15. The van der Waals surface area contributed by atoms with Crippen LogP contribution in [0, 0.1) is 17.8 Å². The molecule has 0 saturated heterocycles. The zero-order chi connectivity index (χ0) is 14.7. The smallest absolute Gasteiger partial charge is 0.320 e. The molecular formula is C14H17NO5. The Morgan fingerprint density at radius 3 is 2.45 bits per heavy atom. The van der Waals surface area contributed by atoms with E-state index in [1.165, 1.54) is 0 Å². The minimum Gasteiger partial charge on any atom is -0.481 e. The average Bonchev–Trinajstić information content (AvgIpc) is 3.13. The van der Waals surface area contributed by atoms with Gasteiger partial charge in [0.25, 0.3) is 0 Å². The van der Waals surface area contributed by atoms with Crippen LogP contribution in [0.3, 0.4) is 0 Å². The molecule has 0 spiro atoms. The molecule has 1 aromatic carbocycles. The molecule has 20 heavy (non-hydrogen) atoms. The van der Waals surface area contributed by atoms with Gasteiger partial charge < -0.3 is 20.7 Å². The maximum atomic E-state index is 11.0. The fourth-order valence-electron chi connectivity index (χ4n) is 2.50. The predicted molar refractivity (Wildman–Crippen MR) is 69.8 cm³/mol. The number of nitrogens with two attached hydrogens (primary N) is 1. The highest BCUT2D eigenvalue weighted by Gasteiger charge is 2.59. The summed E-state index contributed by atoms with van der Waals surface area (Å²) in [6.45, 7) is 0.580. The summed E-state index contributed by atoms with van der Waals surface area (Å²) in [4.78, 5) is 21.9. The maximum absolute atomic E-state index is 11.0. The molecule has 2 rings (SSSR count). The van der Waals surface area contributed by atoms with Crippen LogP contribution >= 0.6 is 0 Å². The molecule has 1 fully saturated rings. The predicted octanol–water partition coefficient (Wildman–Crippen LogP) is 0.562. The number of ether oxygens (including phenoxy) is 1. The molecule has 0 aliphatic heterocycles. The van der Waals surface area contributed by atoms with E-state index >= 15 is 0 Å². The second kappa shape index (κ2) is 6.02. The summed E-state index contributed by atoms with van der Waals surface area (Å²) in [7, 11) is 0. The lowest BCUT2D eigenvalue weighted by atomic mass is 10.1. The van der Waals surface area contributed by atoms with Crippen molar-refractivity contribution in [3.8, 4) is 0 Å². The fraction of sp³-hybridized carbons (Fsp3) is 0.429. The van der Waals surface area contributed by atoms with Crippen molar-refractivity contribution in [2.45, 2.75) is 12.6 Å². The number of carboxylic acids is 2. The number of benzene rings is 1. The second-order valence-corrected chi connectivity index (χ2v) is 4.97. The van der Waals surface area contributed by atoms with Crippen molar-refractivity contribution in [1.29, 1.82) is 0 Å². The van der Waals surface area contributed by atoms with Crippen molar-refractivity contribution in [3.05, 3.63) is 35.9 Å². The molecule has 1 aliphatic rings. The number of carbonyl (C=O) groups is 2. The zero-order valence-corrected chi connectivity index (χ0v) is 10.8. The van der Waals surface area contributed by atoms with Gasteiger partial charge in [-0.2, -0.15) is 0 Å². The molecule has 6 nitrogen and oxygen atoms in total. The van der Waals surface area contributed by atoms with E-state index in [1.54, 1.807) is 0 Å². The van der Waals surface area contributed by atoms with E-state index in [-0.39, 0.29) is 12.5 Å². The number of rotatable bonds is 7. The van der Waals surface area contributed by atoms with Gasteiger partial charge in [-0.15, -0.1) is 0 Å². The largest absolute Gasteiger partial charge is 0.481 e. The SMILES string of the molecule is N[C@H](C(=O)O)[C@@H]1[C@@H](COCc2ccccc2)[C@@H]1C(=O)O. The summed E-state index contributed by atoms with van der Waals surface area (Å²) in [6.07, 6.45) is 0. The number of aliphatic carboxylic acids is 2. The van der Waals surface area contributed by atoms with Crippen LogP contribution in [-0.2, 0) is 20.9 Å². The van der Waals surface area contributed by atoms with Crippen LogP contribution in [0.5, 0.6) is 0 Å². The van der Waals surface area contributed by atoms with Gasteiger partial charge in [-0.3, -0.25) is 9.59 Å². The lowest BCUT2D eigenvalue weighted by Gasteiger charge is -2.06. The summed E-state index contributed by atoms with van der Waals surface area (Å²) < 4.78 is 5.47. The fourth-order valence-corrected chi connectivity index (χ4v) is 2.50. The second-order valence-electron chi connectivity index (χ2n) is 4.97. The molecule has 0 unspecified atom stereocenters. The number of carboxylic acid groups (broad SMARTS) is 2. The molecule has 4 atom stereocenters. The quantitative estimate of drug-likeness (QED) is 0.672. The van der Waals surface area contributed by atoms with Crippen LogP contribution in [0.25, 0.3) is 0 Å². The van der Waals surface area contributed by atoms with E-state index in [4.69, 9.17) is 20.7 Å². The molecule has 1 aliphatic carbocycles. The monoisotopic (exact) mass is 279 g/mol. The van der Waals surface area contributed by atoms with E-state index in [2.05, 4.69) is 0 Å². The van der Waals surface area contributed by atoms with Crippen molar-refractivity contribution in [1.82, 2.24) is 0 Å². The first kappa shape index (κ1) is 14.5. The van der Waals surface area contributed by atoms with Crippen molar-refractivity contribution < 1.29 is 24.5 Å². The first-order chi connectivity index (χ1) is 9.52. The lowest BCUT2D eigenvalue weighted by Crippen LogP contribution is -2.34. The molecule has 0 bridgehead atoms. The van der Waals surface area contributed by atoms with Crippen LogP contribution in [0.2, 0.25) is 0 Å². The molecule has 6 heteroatoms. The van der Waals surface area contributed by atoms with E-state index in [9.17, 15) is 9.59 Å². The average molecular weight is 279 g/mol. The normalized spacial score (nSPS) is 25.9. The van der Waals surface area contributed by atoms with Crippen molar-refractivity contribution in [3.63, 3.8) is 0 Å². The summed E-state index contributed by atoms with van der Waals surface area (Å²) in [6, 6.07) is 8.33. The zero-order valence-electron chi connectivity index (χ0n) is 10.8. The van der Waals surface area contributed by atoms with Crippen LogP contribution in [0.15, 0.2) is 30.3 Å². The molecule has 1 saturated carbocycles. The third-order valence-electron chi connectivity index (χ3n) is 3.64. The van der Waals surface area contributed by atoms with Gasteiger partial charge in [-0.25, -0.2) is 0 Å². The van der Waals surface area contributed by atoms with E-state index in [0.29, 0.717) is 6.61 Å². The summed E-state index contributed by atoms with van der Waals surface area (Å²) in [5.41, 5.74) is 6.49. The van der Waals surface area contributed by atoms with E-state index in [1.807, 2.05) is 30.3 Å². The molecule has 0 radical (unpaired) electrons.